The average Bonchev–Trinajstić information content (AvgIpc) is 2.40. The number of aliphatic hydroxyl groups is 1. The third kappa shape index (κ3) is 4.00. The Labute approximate surface area is 123 Å². The zero-order valence-corrected chi connectivity index (χ0v) is 12.8. The fourth-order valence-corrected chi connectivity index (χ4v) is 5.01. The summed E-state index contributed by atoms with van der Waals surface area (Å²) in [7, 11) is -7.14. The maximum absolute atomic E-state index is 13.8. The number of halogens is 1. The largest absolute Gasteiger partial charge is 0.392 e. The molecule has 1 saturated heterocycles. The van der Waals surface area contributed by atoms with Gasteiger partial charge in [-0.1, -0.05) is 6.07 Å². The predicted molar refractivity (Wildman–Crippen MR) is 74.3 cm³/mol. The predicted octanol–water partition coefficient (Wildman–Crippen LogP) is 0.173. The number of sulfonamides is 1. The number of nitrogens with one attached hydrogen (secondary N) is 1. The highest BCUT2D eigenvalue weighted by Crippen LogP contribution is 2.19. The molecule has 0 radical (unpaired) electrons. The highest BCUT2D eigenvalue weighted by molar-refractivity contribution is 7.91. The normalized spacial score (nSPS) is 19.5. The molecule has 2 N–H and O–H groups in total. The lowest BCUT2D eigenvalue weighted by Gasteiger charge is -2.23. The van der Waals surface area contributed by atoms with E-state index in [2.05, 4.69) is 4.72 Å². The van der Waals surface area contributed by atoms with Crippen LogP contribution in [0.25, 0.3) is 0 Å². The van der Waals surface area contributed by atoms with E-state index in [-0.39, 0.29) is 36.5 Å². The fourth-order valence-electron chi connectivity index (χ4n) is 2.15. The van der Waals surface area contributed by atoms with Crippen LogP contribution in [-0.2, 0) is 26.5 Å². The lowest BCUT2D eigenvalue weighted by Crippen LogP contribution is -2.41. The average molecular weight is 337 g/mol. The van der Waals surface area contributed by atoms with Crippen LogP contribution in [0.1, 0.15) is 18.4 Å². The van der Waals surface area contributed by atoms with Crippen LogP contribution in [0, 0.1) is 5.82 Å². The van der Waals surface area contributed by atoms with Crippen LogP contribution in [0.4, 0.5) is 4.39 Å². The van der Waals surface area contributed by atoms with Crippen molar-refractivity contribution in [2.24, 2.45) is 0 Å². The van der Waals surface area contributed by atoms with E-state index in [4.69, 9.17) is 5.11 Å². The Bertz CT molecular complexity index is 716. The van der Waals surface area contributed by atoms with Crippen LogP contribution in [0.15, 0.2) is 23.1 Å². The van der Waals surface area contributed by atoms with Crippen molar-refractivity contribution in [3.05, 3.63) is 29.6 Å². The van der Waals surface area contributed by atoms with Crippen LogP contribution in [0.2, 0.25) is 0 Å². The summed E-state index contributed by atoms with van der Waals surface area (Å²) in [6.45, 7) is -0.384. The van der Waals surface area contributed by atoms with E-state index in [1.165, 1.54) is 6.07 Å². The smallest absolute Gasteiger partial charge is 0.243 e. The molecule has 0 bridgehead atoms. The van der Waals surface area contributed by atoms with Gasteiger partial charge in [0, 0.05) is 6.04 Å². The van der Waals surface area contributed by atoms with Crippen LogP contribution >= 0.6 is 0 Å². The minimum atomic E-state index is -4.05. The third-order valence-electron chi connectivity index (χ3n) is 3.34. The van der Waals surface area contributed by atoms with Gasteiger partial charge in [0.05, 0.1) is 18.1 Å². The van der Waals surface area contributed by atoms with Crippen molar-refractivity contribution in [3.63, 3.8) is 0 Å². The first-order valence-electron chi connectivity index (χ1n) is 6.35. The minimum absolute atomic E-state index is 0.0773. The molecule has 9 heteroatoms. The summed E-state index contributed by atoms with van der Waals surface area (Å²) in [5, 5.41) is 8.88. The molecule has 21 heavy (non-hydrogen) atoms. The van der Waals surface area contributed by atoms with Gasteiger partial charge >= 0.3 is 0 Å². The molecule has 0 atom stereocenters. The molecule has 118 valence electrons. The molecule has 1 fully saturated rings. The van der Waals surface area contributed by atoms with E-state index in [9.17, 15) is 21.2 Å². The van der Waals surface area contributed by atoms with E-state index in [1.54, 1.807) is 0 Å². The summed E-state index contributed by atoms with van der Waals surface area (Å²) >= 11 is 0. The van der Waals surface area contributed by atoms with Crippen molar-refractivity contribution in [2.75, 3.05) is 11.5 Å². The molecule has 0 aliphatic carbocycles. The SMILES string of the molecule is O=S1(=O)CCC(NS(=O)(=O)c2ccc(CO)cc2F)CC1. The van der Waals surface area contributed by atoms with E-state index in [0.29, 0.717) is 0 Å². The van der Waals surface area contributed by atoms with Crippen LogP contribution in [-0.4, -0.2) is 39.5 Å². The maximum Gasteiger partial charge on any atom is 0.243 e. The zero-order valence-electron chi connectivity index (χ0n) is 11.1. The highest BCUT2D eigenvalue weighted by atomic mass is 32.2. The lowest BCUT2D eigenvalue weighted by atomic mass is 10.2. The van der Waals surface area contributed by atoms with Crippen molar-refractivity contribution < 1.29 is 26.3 Å². The zero-order chi connectivity index (χ0) is 15.7. The van der Waals surface area contributed by atoms with E-state index < -0.39 is 36.6 Å². The summed E-state index contributed by atoms with van der Waals surface area (Å²) < 4.78 is 62.9. The van der Waals surface area contributed by atoms with E-state index in [0.717, 1.165) is 12.1 Å². The molecule has 0 aromatic heterocycles. The summed E-state index contributed by atoms with van der Waals surface area (Å²) in [5.74, 6) is -1.10. The van der Waals surface area contributed by atoms with Crippen molar-refractivity contribution in [2.45, 2.75) is 30.4 Å². The number of hydrogen-bond donors (Lipinski definition) is 2. The molecular weight excluding hydrogens is 321 g/mol. The van der Waals surface area contributed by atoms with Gasteiger partial charge in [0.15, 0.2) is 0 Å². The first-order chi connectivity index (χ1) is 9.73. The molecule has 1 aromatic rings. The Hall–Kier alpha value is -1.03. The number of rotatable bonds is 4. The summed E-state index contributed by atoms with van der Waals surface area (Å²) in [5.41, 5.74) is 0.273. The number of sulfone groups is 1. The second-order valence-electron chi connectivity index (χ2n) is 4.97. The first kappa shape index (κ1) is 16.3. The van der Waals surface area contributed by atoms with Crippen molar-refractivity contribution >= 4 is 19.9 Å². The second-order valence-corrected chi connectivity index (χ2v) is 8.96. The molecule has 0 amide bonds. The molecule has 0 saturated carbocycles. The van der Waals surface area contributed by atoms with Gasteiger partial charge < -0.3 is 5.11 Å². The molecular formula is C12H16FNO5S2. The number of hydrogen-bond acceptors (Lipinski definition) is 5. The summed E-state index contributed by atoms with van der Waals surface area (Å²) in [6.07, 6.45) is 0.357. The van der Waals surface area contributed by atoms with Gasteiger partial charge in [0.25, 0.3) is 0 Å². The van der Waals surface area contributed by atoms with Gasteiger partial charge in [-0.25, -0.2) is 25.9 Å². The molecule has 0 spiro atoms. The first-order valence-corrected chi connectivity index (χ1v) is 9.66. The van der Waals surface area contributed by atoms with Crippen molar-refractivity contribution in [3.8, 4) is 0 Å². The van der Waals surface area contributed by atoms with Crippen LogP contribution in [0.3, 0.4) is 0 Å². The van der Waals surface area contributed by atoms with Gasteiger partial charge in [-0.2, -0.15) is 0 Å². The molecule has 1 heterocycles. The Morgan fingerprint density at radius 2 is 1.90 bits per heavy atom. The fraction of sp³-hybridized carbons (Fsp3) is 0.500. The molecule has 6 nitrogen and oxygen atoms in total. The molecule has 1 aliphatic rings. The lowest BCUT2D eigenvalue weighted by molar-refractivity contribution is 0.281. The van der Waals surface area contributed by atoms with Gasteiger partial charge in [0.1, 0.15) is 20.5 Å². The second kappa shape index (κ2) is 5.99. The standard InChI is InChI=1S/C12H16FNO5S2/c13-11-7-9(8-15)1-2-12(11)21(18,19)14-10-3-5-20(16,17)6-4-10/h1-2,7,10,14-15H,3-6,8H2. The summed E-state index contributed by atoms with van der Waals surface area (Å²) in [6, 6.07) is 2.85. The van der Waals surface area contributed by atoms with E-state index in [1.807, 2.05) is 0 Å². The maximum atomic E-state index is 13.8. The molecule has 0 unspecified atom stereocenters. The van der Waals surface area contributed by atoms with Gasteiger partial charge in [-0.15, -0.1) is 0 Å². The number of aliphatic hydroxyl groups excluding tert-OH is 1. The Morgan fingerprint density at radius 1 is 1.29 bits per heavy atom. The van der Waals surface area contributed by atoms with Crippen LogP contribution < -0.4 is 4.72 Å². The Morgan fingerprint density at radius 3 is 2.43 bits per heavy atom. The Balaban J connectivity index is 2.16. The molecule has 2 rings (SSSR count). The monoisotopic (exact) mass is 337 g/mol. The van der Waals surface area contributed by atoms with Crippen LogP contribution in [0.5, 0.6) is 0 Å². The number of benzene rings is 1. The quantitative estimate of drug-likeness (QED) is 0.816. The van der Waals surface area contributed by atoms with Gasteiger partial charge in [-0.05, 0) is 30.5 Å². The van der Waals surface area contributed by atoms with Crippen molar-refractivity contribution in [1.29, 1.82) is 0 Å². The third-order valence-corrected chi connectivity index (χ3v) is 6.61. The summed E-state index contributed by atoms with van der Waals surface area (Å²) in [4.78, 5) is -0.506. The molecule has 1 aromatic carbocycles. The minimum Gasteiger partial charge on any atom is -0.392 e. The van der Waals surface area contributed by atoms with Gasteiger partial charge in [-0.3, -0.25) is 0 Å². The topological polar surface area (TPSA) is 101 Å². The van der Waals surface area contributed by atoms with E-state index >= 15 is 0 Å². The highest BCUT2D eigenvalue weighted by Gasteiger charge is 2.28. The van der Waals surface area contributed by atoms with Crippen molar-refractivity contribution in [1.82, 2.24) is 4.72 Å². The Kier molecular flexibility index (Phi) is 4.66. The molecule has 1 aliphatic heterocycles. The van der Waals surface area contributed by atoms with Gasteiger partial charge in [0.2, 0.25) is 10.0 Å².